The number of benzene rings is 1. The van der Waals surface area contributed by atoms with Gasteiger partial charge in [-0.2, -0.15) is 0 Å². The number of carbonyl (C=O) groups excluding carboxylic acids is 2. The van der Waals surface area contributed by atoms with E-state index in [-0.39, 0.29) is 31.2 Å². The number of amides is 1. The number of nitrogens with zero attached hydrogens (tertiary/aromatic N) is 1. The molecule has 0 aromatic heterocycles. The summed E-state index contributed by atoms with van der Waals surface area (Å²) in [6.45, 7) is 0.860. The average molecular weight is 337 g/mol. The van der Waals surface area contributed by atoms with Crippen LogP contribution in [0, 0.1) is 11.2 Å². The van der Waals surface area contributed by atoms with Crippen LogP contribution in [-0.4, -0.2) is 48.7 Å². The molecule has 6 heteroatoms. The standard InChI is InChI=1S/C18H24FNO4/c1-24-17(23)8-7-16(22)20-10-4-9-18(12-20,13-21)11-14-5-2-3-6-15(14)19/h2-3,5-6,21H,4,7-13H2,1H3. The Labute approximate surface area is 141 Å². The number of esters is 1. The second-order valence-corrected chi connectivity index (χ2v) is 6.42. The summed E-state index contributed by atoms with van der Waals surface area (Å²) in [4.78, 5) is 25.2. The maximum atomic E-state index is 13.9. The molecule has 24 heavy (non-hydrogen) atoms. The highest BCUT2D eigenvalue weighted by Gasteiger charge is 2.37. The lowest BCUT2D eigenvalue weighted by Crippen LogP contribution is -2.49. The lowest BCUT2D eigenvalue weighted by Gasteiger charge is -2.42. The predicted molar refractivity (Wildman–Crippen MR) is 86.7 cm³/mol. The molecule has 1 aromatic rings. The van der Waals surface area contributed by atoms with Crippen LogP contribution in [0.15, 0.2) is 24.3 Å². The summed E-state index contributed by atoms with van der Waals surface area (Å²) in [5, 5.41) is 9.91. The largest absolute Gasteiger partial charge is 0.469 e. The lowest BCUT2D eigenvalue weighted by molar-refractivity contribution is -0.144. The van der Waals surface area contributed by atoms with Gasteiger partial charge in [0.2, 0.25) is 5.91 Å². The Bertz CT molecular complexity index is 592. The molecule has 0 spiro atoms. The molecule has 1 N–H and O–H groups in total. The number of carbonyl (C=O) groups is 2. The van der Waals surface area contributed by atoms with Gasteiger partial charge < -0.3 is 14.7 Å². The van der Waals surface area contributed by atoms with E-state index in [9.17, 15) is 19.1 Å². The van der Waals surface area contributed by atoms with Crippen molar-refractivity contribution >= 4 is 11.9 Å². The van der Waals surface area contributed by atoms with Gasteiger partial charge in [-0.3, -0.25) is 9.59 Å². The number of halogens is 1. The summed E-state index contributed by atoms with van der Waals surface area (Å²) in [7, 11) is 1.29. The number of ether oxygens (including phenoxy) is 1. The van der Waals surface area contributed by atoms with Crippen molar-refractivity contribution in [3.8, 4) is 0 Å². The summed E-state index contributed by atoms with van der Waals surface area (Å²) in [5.74, 6) is -0.842. The zero-order valence-electron chi connectivity index (χ0n) is 14.0. The van der Waals surface area contributed by atoms with E-state index in [4.69, 9.17) is 0 Å². The van der Waals surface area contributed by atoms with Crippen LogP contribution in [0.1, 0.15) is 31.2 Å². The minimum absolute atomic E-state index is 0.0469. The number of likely N-dealkylation sites (tertiary alicyclic amines) is 1. The van der Waals surface area contributed by atoms with Gasteiger partial charge in [-0.05, 0) is 30.9 Å². The molecule has 1 fully saturated rings. The number of rotatable bonds is 6. The van der Waals surface area contributed by atoms with Crippen LogP contribution in [0.5, 0.6) is 0 Å². The van der Waals surface area contributed by atoms with Crippen LogP contribution < -0.4 is 0 Å². The molecule has 1 aromatic carbocycles. The first kappa shape index (κ1) is 18.4. The summed E-state index contributed by atoms with van der Waals surface area (Å²) in [5.41, 5.74) is 0.0110. The smallest absolute Gasteiger partial charge is 0.306 e. The van der Waals surface area contributed by atoms with E-state index < -0.39 is 11.4 Å². The Morgan fingerprint density at radius 3 is 2.75 bits per heavy atom. The lowest BCUT2D eigenvalue weighted by atomic mass is 9.75. The molecular weight excluding hydrogens is 313 g/mol. The van der Waals surface area contributed by atoms with Gasteiger partial charge >= 0.3 is 5.97 Å². The topological polar surface area (TPSA) is 66.8 Å². The van der Waals surface area contributed by atoms with Crippen LogP contribution in [0.4, 0.5) is 4.39 Å². The van der Waals surface area contributed by atoms with Crippen LogP contribution in [0.3, 0.4) is 0 Å². The van der Waals surface area contributed by atoms with Gasteiger partial charge in [0, 0.05) is 24.9 Å². The van der Waals surface area contributed by atoms with E-state index >= 15 is 0 Å². The highest BCUT2D eigenvalue weighted by atomic mass is 19.1. The van der Waals surface area contributed by atoms with Gasteiger partial charge in [-0.25, -0.2) is 4.39 Å². The number of aliphatic hydroxyl groups is 1. The highest BCUT2D eigenvalue weighted by Crippen LogP contribution is 2.34. The van der Waals surface area contributed by atoms with Crippen molar-refractivity contribution < 1.29 is 23.8 Å². The van der Waals surface area contributed by atoms with E-state index in [1.807, 2.05) is 0 Å². The first-order chi connectivity index (χ1) is 11.5. The molecule has 1 atom stereocenters. The summed E-state index contributed by atoms with van der Waals surface area (Å²) < 4.78 is 18.5. The molecule has 2 rings (SSSR count). The molecule has 0 saturated carbocycles. The first-order valence-corrected chi connectivity index (χ1v) is 8.18. The van der Waals surface area contributed by atoms with Crippen molar-refractivity contribution in [1.29, 1.82) is 0 Å². The fraction of sp³-hybridized carbons (Fsp3) is 0.556. The van der Waals surface area contributed by atoms with Gasteiger partial charge in [0.05, 0.1) is 20.1 Å². The molecule has 5 nitrogen and oxygen atoms in total. The van der Waals surface area contributed by atoms with E-state index in [1.54, 1.807) is 23.1 Å². The maximum absolute atomic E-state index is 13.9. The fourth-order valence-electron chi connectivity index (χ4n) is 3.26. The zero-order chi connectivity index (χ0) is 17.6. The fourth-order valence-corrected chi connectivity index (χ4v) is 3.26. The van der Waals surface area contributed by atoms with Gasteiger partial charge in [0.1, 0.15) is 5.82 Å². The third-order valence-corrected chi connectivity index (χ3v) is 4.64. The molecular formula is C18H24FNO4. The van der Waals surface area contributed by atoms with E-state index in [0.717, 1.165) is 12.8 Å². The number of hydrogen-bond donors (Lipinski definition) is 1. The molecule has 0 aliphatic carbocycles. The Kier molecular flexibility index (Phi) is 6.31. The normalized spacial score (nSPS) is 20.7. The molecule has 1 heterocycles. The maximum Gasteiger partial charge on any atom is 0.306 e. The van der Waals surface area contributed by atoms with Crippen molar-refractivity contribution in [2.24, 2.45) is 5.41 Å². The number of aliphatic hydroxyl groups excluding tert-OH is 1. The van der Waals surface area contributed by atoms with E-state index in [2.05, 4.69) is 4.74 Å². The molecule has 1 aliphatic heterocycles. The molecule has 132 valence electrons. The monoisotopic (exact) mass is 337 g/mol. The molecule has 0 radical (unpaired) electrons. The third-order valence-electron chi connectivity index (χ3n) is 4.64. The van der Waals surface area contributed by atoms with Gasteiger partial charge in [0.25, 0.3) is 0 Å². The third kappa shape index (κ3) is 4.54. The highest BCUT2D eigenvalue weighted by molar-refractivity contribution is 5.81. The van der Waals surface area contributed by atoms with Crippen molar-refractivity contribution in [3.63, 3.8) is 0 Å². The molecule has 0 bridgehead atoms. The first-order valence-electron chi connectivity index (χ1n) is 8.18. The Morgan fingerprint density at radius 1 is 1.33 bits per heavy atom. The number of hydrogen-bond acceptors (Lipinski definition) is 4. The second-order valence-electron chi connectivity index (χ2n) is 6.42. The number of methoxy groups -OCH3 is 1. The minimum Gasteiger partial charge on any atom is -0.469 e. The van der Waals surface area contributed by atoms with Crippen LogP contribution >= 0.6 is 0 Å². The van der Waals surface area contributed by atoms with Crippen LogP contribution in [0.25, 0.3) is 0 Å². The van der Waals surface area contributed by atoms with Gasteiger partial charge in [0.15, 0.2) is 0 Å². The van der Waals surface area contributed by atoms with Crippen molar-refractivity contribution in [2.75, 3.05) is 26.8 Å². The average Bonchev–Trinajstić information content (AvgIpc) is 2.61. The molecule has 1 saturated heterocycles. The van der Waals surface area contributed by atoms with Gasteiger partial charge in [-0.1, -0.05) is 18.2 Å². The van der Waals surface area contributed by atoms with Gasteiger partial charge in [-0.15, -0.1) is 0 Å². The van der Waals surface area contributed by atoms with Crippen molar-refractivity contribution in [3.05, 3.63) is 35.6 Å². The van der Waals surface area contributed by atoms with E-state index in [0.29, 0.717) is 25.1 Å². The molecule has 1 unspecified atom stereocenters. The quantitative estimate of drug-likeness (QED) is 0.806. The van der Waals surface area contributed by atoms with Crippen LogP contribution in [0.2, 0.25) is 0 Å². The Morgan fingerprint density at radius 2 is 2.08 bits per heavy atom. The Hall–Kier alpha value is -1.95. The summed E-state index contributed by atoms with van der Waals surface area (Å²) in [6, 6.07) is 6.52. The minimum atomic E-state index is -0.540. The molecule has 1 amide bonds. The SMILES string of the molecule is COC(=O)CCC(=O)N1CCCC(CO)(Cc2ccccc2F)C1. The van der Waals surface area contributed by atoms with E-state index in [1.165, 1.54) is 13.2 Å². The van der Waals surface area contributed by atoms with Crippen molar-refractivity contribution in [1.82, 2.24) is 4.90 Å². The zero-order valence-corrected chi connectivity index (χ0v) is 14.0. The summed E-state index contributed by atoms with van der Waals surface area (Å²) in [6.07, 6.45) is 2.01. The predicted octanol–water partition coefficient (Wildman–Crippen LogP) is 1.92. The van der Waals surface area contributed by atoms with Crippen LogP contribution in [-0.2, 0) is 20.7 Å². The second kappa shape index (κ2) is 8.24. The Balaban J connectivity index is 2.04. The van der Waals surface area contributed by atoms with Crippen molar-refractivity contribution in [2.45, 2.75) is 32.1 Å². The summed E-state index contributed by atoms with van der Waals surface area (Å²) >= 11 is 0. The molecule has 1 aliphatic rings. The number of piperidine rings is 1.